The summed E-state index contributed by atoms with van der Waals surface area (Å²) >= 11 is 0. The van der Waals surface area contributed by atoms with Crippen molar-refractivity contribution in [3.8, 4) is 5.75 Å². The summed E-state index contributed by atoms with van der Waals surface area (Å²) < 4.78 is 33.1. The molecule has 0 radical (unpaired) electrons. The molecule has 4 heterocycles. The van der Waals surface area contributed by atoms with Gasteiger partial charge in [-0.25, -0.2) is 8.42 Å². The van der Waals surface area contributed by atoms with Gasteiger partial charge in [-0.2, -0.15) is 4.31 Å². The monoisotopic (exact) mass is 512 g/mol. The zero-order valence-electron chi connectivity index (χ0n) is 20.7. The van der Waals surface area contributed by atoms with Gasteiger partial charge in [-0.1, -0.05) is 12.1 Å². The zero-order valence-corrected chi connectivity index (χ0v) is 21.5. The van der Waals surface area contributed by atoms with E-state index < -0.39 is 15.9 Å². The number of amides is 2. The molecule has 5 rings (SSSR count). The number of benzene rings is 1. The first-order valence-corrected chi connectivity index (χ1v) is 13.8. The van der Waals surface area contributed by atoms with Gasteiger partial charge in [-0.05, 0) is 48.4 Å². The van der Waals surface area contributed by atoms with E-state index in [1.807, 2.05) is 17.0 Å². The third kappa shape index (κ3) is 4.37. The van der Waals surface area contributed by atoms with Gasteiger partial charge >= 0.3 is 0 Å². The summed E-state index contributed by atoms with van der Waals surface area (Å²) in [6, 6.07) is 9.98. The lowest BCUT2D eigenvalue weighted by Gasteiger charge is -2.38. The van der Waals surface area contributed by atoms with E-state index in [0.29, 0.717) is 44.8 Å². The predicted octanol–water partition coefficient (Wildman–Crippen LogP) is 2.31. The van der Waals surface area contributed by atoms with E-state index in [1.54, 1.807) is 52.9 Å². The molecule has 2 amide bonds. The predicted molar refractivity (Wildman–Crippen MR) is 132 cm³/mol. The van der Waals surface area contributed by atoms with Crippen molar-refractivity contribution < 1.29 is 22.7 Å². The van der Waals surface area contributed by atoms with E-state index in [9.17, 15) is 18.0 Å². The first-order chi connectivity index (χ1) is 17.2. The van der Waals surface area contributed by atoms with Crippen LogP contribution in [-0.4, -0.2) is 79.7 Å². The Hall–Kier alpha value is -2.98. The molecule has 9 nitrogen and oxygen atoms in total. The molecule has 3 fully saturated rings. The molecule has 1 aromatic carbocycles. The number of carbonyl (C=O) groups excluding carboxylic acids is 2. The van der Waals surface area contributed by atoms with Crippen LogP contribution in [0.5, 0.6) is 5.75 Å². The SMILES string of the molecule is COc1cccc(S(=O)(=O)N2CCC3(CCN(C(=O)[C@@H]4CC(=O)N(C)[C@H]4c4cccnc4)C3)CC2)c1. The summed E-state index contributed by atoms with van der Waals surface area (Å²) in [7, 11) is -0.347. The number of nitrogens with zero attached hydrogens (tertiary/aromatic N) is 4. The van der Waals surface area contributed by atoms with Crippen LogP contribution in [0.2, 0.25) is 0 Å². The normalized spacial score (nSPS) is 24.4. The average molecular weight is 513 g/mol. The Labute approximate surface area is 212 Å². The zero-order chi connectivity index (χ0) is 25.5. The topological polar surface area (TPSA) is 100 Å². The molecule has 0 unspecified atom stereocenters. The number of sulfonamides is 1. The van der Waals surface area contributed by atoms with Crippen LogP contribution in [-0.2, 0) is 19.6 Å². The number of likely N-dealkylation sites (tertiary alicyclic amines) is 2. The lowest BCUT2D eigenvalue weighted by Crippen LogP contribution is -2.45. The number of hydrogen-bond donors (Lipinski definition) is 0. The van der Waals surface area contributed by atoms with Crippen LogP contribution in [0.3, 0.4) is 0 Å². The van der Waals surface area contributed by atoms with Gasteiger partial charge in [0, 0.05) is 58.1 Å². The van der Waals surface area contributed by atoms with Crippen LogP contribution in [0.15, 0.2) is 53.7 Å². The van der Waals surface area contributed by atoms with Gasteiger partial charge in [0.05, 0.1) is 24.0 Å². The molecule has 10 heteroatoms. The highest BCUT2D eigenvalue weighted by Crippen LogP contribution is 2.44. The van der Waals surface area contributed by atoms with Crippen molar-refractivity contribution in [1.29, 1.82) is 0 Å². The van der Waals surface area contributed by atoms with Crippen molar-refractivity contribution in [2.45, 2.75) is 36.6 Å². The van der Waals surface area contributed by atoms with E-state index >= 15 is 0 Å². The average Bonchev–Trinajstić information content (AvgIpc) is 3.45. The minimum absolute atomic E-state index is 0.00450. The number of hydrogen-bond acceptors (Lipinski definition) is 6. The number of pyridine rings is 1. The summed E-state index contributed by atoms with van der Waals surface area (Å²) in [5, 5.41) is 0. The van der Waals surface area contributed by atoms with Gasteiger partial charge in [0.25, 0.3) is 0 Å². The van der Waals surface area contributed by atoms with Crippen molar-refractivity contribution in [1.82, 2.24) is 19.1 Å². The molecule has 1 aromatic heterocycles. The highest BCUT2D eigenvalue weighted by atomic mass is 32.2. The molecule has 3 saturated heterocycles. The summed E-state index contributed by atoms with van der Waals surface area (Å²) in [4.78, 5) is 34.1. The summed E-state index contributed by atoms with van der Waals surface area (Å²) in [6.07, 6.45) is 5.86. The third-order valence-electron chi connectivity index (χ3n) is 8.14. The molecule has 0 saturated carbocycles. The Morgan fingerprint density at radius 3 is 2.56 bits per heavy atom. The molecule has 192 valence electrons. The smallest absolute Gasteiger partial charge is 0.243 e. The van der Waals surface area contributed by atoms with Crippen LogP contribution >= 0.6 is 0 Å². The van der Waals surface area contributed by atoms with E-state index in [-0.39, 0.29) is 34.6 Å². The van der Waals surface area contributed by atoms with Crippen molar-refractivity contribution in [3.63, 3.8) is 0 Å². The first-order valence-electron chi connectivity index (χ1n) is 12.3. The van der Waals surface area contributed by atoms with Gasteiger partial charge in [0.2, 0.25) is 21.8 Å². The minimum atomic E-state index is -3.61. The van der Waals surface area contributed by atoms with Crippen LogP contribution in [0.4, 0.5) is 0 Å². The Morgan fingerprint density at radius 1 is 1.11 bits per heavy atom. The maximum Gasteiger partial charge on any atom is 0.243 e. The summed E-state index contributed by atoms with van der Waals surface area (Å²) in [6.45, 7) is 2.08. The molecule has 0 N–H and O–H groups in total. The van der Waals surface area contributed by atoms with Crippen molar-refractivity contribution >= 4 is 21.8 Å². The molecule has 2 atom stereocenters. The van der Waals surface area contributed by atoms with Gasteiger partial charge in [0.15, 0.2) is 0 Å². The van der Waals surface area contributed by atoms with E-state index in [0.717, 1.165) is 12.0 Å². The fourth-order valence-electron chi connectivity index (χ4n) is 5.98. The molecular formula is C26H32N4O5S. The largest absolute Gasteiger partial charge is 0.497 e. The van der Waals surface area contributed by atoms with Crippen molar-refractivity contribution in [2.24, 2.45) is 11.3 Å². The number of rotatable bonds is 5. The van der Waals surface area contributed by atoms with Crippen LogP contribution in [0, 0.1) is 11.3 Å². The van der Waals surface area contributed by atoms with Gasteiger partial charge in [0.1, 0.15) is 5.75 Å². The van der Waals surface area contributed by atoms with Gasteiger partial charge in [-0.3, -0.25) is 14.6 Å². The molecule has 1 spiro atoms. The molecule has 36 heavy (non-hydrogen) atoms. The lowest BCUT2D eigenvalue weighted by atomic mass is 9.78. The molecule has 3 aliphatic rings. The second-order valence-electron chi connectivity index (χ2n) is 10.1. The fraction of sp³-hybridized carbons (Fsp3) is 0.500. The number of carbonyl (C=O) groups is 2. The maximum absolute atomic E-state index is 13.6. The molecule has 0 bridgehead atoms. The van der Waals surface area contributed by atoms with Crippen molar-refractivity contribution in [2.75, 3.05) is 40.3 Å². The van der Waals surface area contributed by atoms with E-state index in [2.05, 4.69) is 4.98 Å². The fourth-order valence-corrected chi connectivity index (χ4v) is 7.45. The Kier molecular flexibility index (Phi) is 6.50. The first kappa shape index (κ1) is 24.7. The van der Waals surface area contributed by atoms with Crippen LogP contribution in [0.1, 0.15) is 37.3 Å². The number of piperidine rings is 1. The van der Waals surface area contributed by atoms with E-state index in [4.69, 9.17) is 4.74 Å². The standard InChI is InChI=1S/C26H32N4O5S/c1-28-23(31)16-22(24(28)19-5-4-11-27-17-19)25(32)29-12-8-26(18-29)9-13-30(14-10-26)36(33,34)21-7-3-6-20(15-21)35-2/h3-7,11,15,17,22,24H,8-10,12-14,16,18H2,1-2H3/t22-,24+/m1/s1. The number of methoxy groups -OCH3 is 1. The Morgan fingerprint density at radius 2 is 1.86 bits per heavy atom. The Balaban J connectivity index is 1.26. The molecular weight excluding hydrogens is 480 g/mol. The van der Waals surface area contributed by atoms with Crippen LogP contribution in [0.25, 0.3) is 0 Å². The maximum atomic E-state index is 13.6. The number of ether oxygens (including phenoxy) is 1. The molecule has 3 aliphatic heterocycles. The highest BCUT2D eigenvalue weighted by Gasteiger charge is 2.49. The van der Waals surface area contributed by atoms with Crippen LogP contribution < -0.4 is 4.74 Å². The third-order valence-corrected chi connectivity index (χ3v) is 10.0. The van der Waals surface area contributed by atoms with Crippen molar-refractivity contribution in [3.05, 3.63) is 54.4 Å². The lowest BCUT2D eigenvalue weighted by molar-refractivity contribution is -0.136. The summed E-state index contributed by atoms with van der Waals surface area (Å²) in [5.74, 6) is 0.0440. The second kappa shape index (κ2) is 9.48. The number of aromatic nitrogens is 1. The quantitative estimate of drug-likeness (QED) is 0.610. The Bertz CT molecular complexity index is 1240. The highest BCUT2D eigenvalue weighted by molar-refractivity contribution is 7.89. The van der Waals surface area contributed by atoms with Gasteiger partial charge in [-0.15, -0.1) is 0 Å². The summed E-state index contributed by atoms with van der Waals surface area (Å²) in [5.41, 5.74) is 0.781. The van der Waals surface area contributed by atoms with Gasteiger partial charge < -0.3 is 14.5 Å². The van der Waals surface area contributed by atoms with E-state index in [1.165, 1.54) is 7.11 Å². The molecule has 0 aliphatic carbocycles. The minimum Gasteiger partial charge on any atom is -0.497 e. The molecule has 2 aromatic rings. The second-order valence-corrected chi connectivity index (χ2v) is 12.1.